The third-order valence-electron chi connectivity index (χ3n) is 1.85. The van der Waals surface area contributed by atoms with Gasteiger partial charge in [-0.15, -0.1) is 11.3 Å². The van der Waals surface area contributed by atoms with Crippen LogP contribution in [0.2, 0.25) is 0 Å². The minimum Gasteiger partial charge on any atom is -0.362 e. The number of thiophene rings is 1. The Hall–Kier alpha value is -1.08. The summed E-state index contributed by atoms with van der Waals surface area (Å²) in [6, 6.07) is 3.45. The minimum atomic E-state index is -4.40. The summed E-state index contributed by atoms with van der Waals surface area (Å²) in [5.74, 6) is -0.560. The number of carbonyl (C=O) groups excluding carboxylic acids is 1. The second kappa shape index (κ2) is 6.02. The van der Waals surface area contributed by atoms with Crippen LogP contribution in [-0.4, -0.2) is 25.3 Å². The third kappa shape index (κ3) is 5.69. The molecule has 0 aliphatic rings. The molecule has 96 valence electrons. The molecule has 0 fully saturated rings. The third-order valence-corrected chi connectivity index (χ3v) is 2.90. The van der Waals surface area contributed by atoms with E-state index in [4.69, 9.17) is 0 Å². The van der Waals surface area contributed by atoms with Crippen molar-refractivity contribution in [3.05, 3.63) is 22.4 Å². The molecule has 0 bridgehead atoms. The lowest BCUT2D eigenvalue weighted by Crippen LogP contribution is -2.31. The second-order valence-electron chi connectivity index (χ2n) is 3.41. The van der Waals surface area contributed by atoms with Gasteiger partial charge in [-0.1, -0.05) is 6.07 Å². The van der Waals surface area contributed by atoms with Crippen LogP contribution in [0.15, 0.2) is 17.5 Å². The predicted molar refractivity (Wildman–Crippen MR) is 57.8 cm³/mol. The van der Waals surface area contributed by atoms with Crippen LogP contribution in [0.5, 0.6) is 0 Å². The number of hydrogen-bond donors (Lipinski definition) is 1. The molecule has 1 heterocycles. The summed E-state index contributed by atoms with van der Waals surface area (Å²) < 4.78 is 39.5. The highest BCUT2D eigenvalue weighted by molar-refractivity contribution is 7.10. The molecule has 0 aromatic carbocycles. The first kappa shape index (κ1) is 14.0. The fourth-order valence-corrected chi connectivity index (χ4v) is 1.89. The summed E-state index contributed by atoms with van der Waals surface area (Å²) in [5, 5.41) is 4.41. The van der Waals surface area contributed by atoms with Gasteiger partial charge in [-0.2, -0.15) is 13.2 Å². The number of ether oxygens (including phenoxy) is 1. The molecule has 1 amide bonds. The number of nitrogens with one attached hydrogen (secondary N) is 1. The first-order valence-corrected chi connectivity index (χ1v) is 5.74. The van der Waals surface area contributed by atoms with Crippen molar-refractivity contribution in [2.75, 3.05) is 13.2 Å². The molecule has 0 radical (unpaired) electrons. The molecule has 1 aromatic rings. The molecular formula is C10H12F3NO2S. The Kier molecular flexibility index (Phi) is 4.95. The molecule has 17 heavy (non-hydrogen) atoms. The van der Waals surface area contributed by atoms with Gasteiger partial charge in [0.15, 0.2) is 0 Å². The van der Waals surface area contributed by atoms with Crippen LogP contribution >= 0.6 is 11.3 Å². The topological polar surface area (TPSA) is 38.3 Å². The molecule has 7 heteroatoms. The van der Waals surface area contributed by atoms with Gasteiger partial charge in [-0.25, -0.2) is 0 Å². The van der Waals surface area contributed by atoms with Crippen LogP contribution in [0.25, 0.3) is 0 Å². The fraction of sp³-hybridized carbons (Fsp3) is 0.500. The Morgan fingerprint density at radius 1 is 1.59 bits per heavy atom. The zero-order valence-corrected chi connectivity index (χ0v) is 9.90. The van der Waals surface area contributed by atoms with Crippen LogP contribution < -0.4 is 5.32 Å². The lowest BCUT2D eigenvalue weighted by Gasteiger charge is -2.12. The molecule has 1 N–H and O–H groups in total. The molecule has 0 aliphatic heterocycles. The molecule has 1 aromatic heterocycles. The second-order valence-corrected chi connectivity index (χ2v) is 4.39. The highest BCUT2D eigenvalue weighted by Crippen LogP contribution is 2.18. The number of rotatable bonds is 5. The van der Waals surface area contributed by atoms with Crippen molar-refractivity contribution in [2.45, 2.75) is 19.1 Å². The molecule has 1 unspecified atom stereocenters. The molecule has 1 atom stereocenters. The Bertz CT molecular complexity index is 351. The number of hydrogen-bond acceptors (Lipinski definition) is 3. The van der Waals surface area contributed by atoms with E-state index in [0.29, 0.717) is 0 Å². The van der Waals surface area contributed by atoms with Crippen molar-refractivity contribution >= 4 is 17.2 Å². The van der Waals surface area contributed by atoms with Crippen LogP contribution in [0.1, 0.15) is 17.8 Å². The van der Waals surface area contributed by atoms with Crippen molar-refractivity contribution in [2.24, 2.45) is 0 Å². The van der Waals surface area contributed by atoms with E-state index in [0.717, 1.165) is 4.88 Å². The molecular weight excluding hydrogens is 255 g/mol. The summed E-state index contributed by atoms with van der Waals surface area (Å²) in [6.07, 6.45) is -4.40. The first-order valence-electron chi connectivity index (χ1n) is 4.86. The summed E-state index contributed by atoms with van der Waals surface area (Å²) in [6.45, 7) is -0.240. The Balaban J connectivity index is 2.26. The largest absolute Gasteiger partial charge is 0.411 e. The van der Waals surface area contributed by atoms with Gasteiger partial charge in [0.2, 0.25) is 5.91 Å². The maximum atomic E-state index is 11.7. The van der Waals surface area contributed by atoms with Gasteiger partial charge in [0.1, 0.15) is 13.2 Å². The Morgan fingerprint density at radius 3 is 2.82 bits per heavy atom. The van der Waals surface area contributed by atoms with Gasteiger partial charge >= 0.3 is 6.18 Å². The monoisotopic (exact) mass is 267 g/mol. The normalized spacial score (nSPS) is 13.4. The molecule has 0 saturated heterocycles. The Labute approximate surface area is 101 Å². The summed E-state index contributed by atoms with van der Waals surface area (Å²) >= 11 is 1.47. The van der Waals surface area contributed by atoms with Gasteiger partial charge in [-0.05, 0) is 18.4 Å². The fourth-order valence-electron chi connectivity index (χ4n) is 1.15. The quantitative estimate of drug-likeness (QED) is 0.890. The average molecular weight is 267 g/mol. The lowest BCUT2D eigenvalue weighted by molar-refractivity contribution is -0.175. The van der Waals surface area contributed by atoms with E-state index in [2.05, 4.69) is 10.1 Å². The van der Waals surface area contributed by atoms with Gasteiger partial charge in [0.25, 0.3) is 0 Å². The van der Waals surface area contributed by atoms with E-state index in [-0.39, 0.29) is 6.04 Å². The van der Waals surface area contributed by atoms with Crippen molar-refractivity contribution in [1.82, 2.24) is 5.32 Å². The molecule has 3 nitrogen and oxygen atoms in total. The standard InChI is InChI=1S/C10H12F3NO2S/c1-7(8-3-2-4-17-8)14-9(15)5-16-6-10(11,12)13/h2-4,7H,5-6H2,1H3,(H,14,15). The summed E-state index contributed by atoms with van der Waals surface area (Å²) in [5.41, 5.74) is 0. The van der Waals surface area contributed by atoms with Gasteiger partial charge in [0, 0.05) is 4.88 Å². The van der Waals surface area contributed by atoms with Crippen molar-refractivity contribution in [3.8, 4) is 0 Å². The molecule has 0 saturated carbocycles. The van der Waals surface area contributed by atoms with Crippen molar-refractivity contribution < 1.29 is 22.7 Å². The Morgan fingerprint density at radius 2 is 2.29 bits per heavy atom. The SMILES string of the molecule is CC(NC(=O)COCC(F)(F)F)c1cccs1. The van der Waals surface area contributed by atoms with E-state index in [1.807, 2.05) is 17.5 Å². The maximum Gasteiger partial charge on any atom is 0.411 e. The average Bonchev–Trinajstić information content (AvgIpc) is 2.67. The van der Waals surface area contributed by atoms with E-state index >= 15 is 0 Å². The smallest absolute Gasteiger partial charge is 0.362 e. The van der Waals surface area contributed by atoms with E-state index in [9.17, 15) is 18.0 Å². The molecule has 0 spiro atoms. The van der Waals surface area contributed by atoms with E-state index < -0.39 is 25.3 Å². The van der Waals surface area contributed by atoms with Crippen molar-refractivity contribution in [3.63, 3.8) is 0 Å². The van der Waals surface area contributed by atoms with Gasteiger partial charge in [0.05, 0.1) is 6.04 Å². The summed E-state index contributed by atoms with van der Waals surface area (Å²) in [4.78, 5) is 12.2. The van der Waals surface area contributed by atoms with Gasteiger partial charge < -0.3 is 10.1 Å². The number of halogens is 3. The lowest BCUT2D eigenvalue weighted by atomic mass is 10.3. The maximum absolute atomic E-state index is 11.7. The highest BCUT2D eigenvalue weighted by atomic mass is 32.1. The van der Waals surface area contributed by atoms with Crippen LogP contribution in [0.3, 0.4) is 0 Å². The summed E-state index contributed by atoms with van der Waals surface area (Å²) in [7, 11) is 0. The highest BCUT2D eigenvalue weighted by Gasteiger charge is 2.27. The van der Waals surface area contributed by atoms with Gasteiger partial charge in [-0.3, -0.25) is 4.79 Å². The van der Waals surface area contributed by atoms with E-state index in [1.165, 1.54) is 11.3 Å². The minimum absolute atomic E-state index is 0.225. The number of amides is 1. The number of alkyl halides is 3. The molecule has 0 aliphatic carbocycles. The van der Waals surface area contributed by atoms with Crippen LogP contribution in [0.4, 0.5) is 13.2 Å². The predicted octanol–water partition coefficient (Wildman–Crippen LogP) is 2.50. The van der Waals surface area contributed by atoms with Crippen LogP contribution in [0, 0.1) is 0 Å². The number of carbonyl (C=O) groups is 1. The zero-order chi connectivity index (χ0) is 12.9. The first-order chi connectivity index (χ1) is 7.88. The van der Waals surface area contributed by atoms with Crippen molar-refractivity contribution in [1.29, 1.82) is 0 Å². The van der Waals surface area contributed by atoms with Crippen LogP contribution in [-0.2, 0) is 9.53 Å². The zero-order valence-electron chi connectivity index (χ0n) is 9.08. The molecule has 1 rings (SSSR count). The van der Waals surface area contributed by atoms with E-state index in [1.54, 1.807) is 6.92 Å².